The smallest absolute Gasteiger partial charge is 0.303 e. The number of ketones is 1. The van der Waals surface area contributed by atoms with Crippen molar-refractivity contribution >= 4 is 11.8 Å². The molecule has 2 N–H and O–H groups in total. The molecule has 27 heavy (non-hydrogen) atoms. The number of unbranched alkanes of at least 4 members (excludes halogenated alkanes) is 2. The van der Waals surface area contributed by atoms with E-state index in [2.05, 4.69) is 0 Å². The molecule has 1 saturated heterocycles. The third kappa shape index (κ3) is 5.35. The standard InChI is InChI=1S/C20H30F2O5/c1-2-3-11-19(21,22)20(26)12-10-15-14(16(23)13-17(15)27-20)8-6-4-5-7-9-18(24)25/h4,6,14-15,17,26H,2-3,5,7-13H2,1H3,(H,24,25)/t14-,15-,17-,20-/m1/s1. The second-order valence-corrected chi connectivity index (χ2v) is 7.72. The zero-order valence-corrected chi connectivity index (χ0v) is 15.8. The van der Waals surface area contributed by atoms with Crippen LogP contribution in [0.15, 0.2) is 12.2 Å². The van der Waals surface area contributed by atoms with Crippen LogP contribution >= 0.6 is 0 Å². The summed E-state index contributed by atoms with van der Waals surface area (Å²) in [4.78, 5) is 22.8. The Balaban J connectivity index is 1.90. The molecular weight excluding hydrogens is 358 g/mol. The molecule has 0 aromatic heterocycles. The fourth-order valence-electron chi connectivity index (χ4n) is 4.09. The van der Waals surface area contributed by atoms with Gasteiger partial charge in [0.25, 0.3) is 0 Å². The highest BCUT2D eigenvalue weighted by molar-refractivity contribution is 5.84. The molecule has 7 heteroatoms. The highest BCUT2D eigenvalue weighted by Gasteiger charge is 2.59. The number of carboxylic acids is 1. The number of aliphatic hydroxyl groups is 1. The van der Waals surface area contributed by atoms with Gasteiger partial charge >= 0.3 is 11.9 Å². The van der Waals surface area contributed by atoms with E-state index >= 15 is 0 Å². The number of halogens is 2. The molecule has 154 valence electrons. The van der Waals surface area contributed by atoms with Crippen LogP contribution in [0, 0.1) is 11.8 Å². The predicted octanol–water partition coefficient (Wildman–Crippen LogP) is 4.09. The summed E-state index contributed by atoms with van der Waals surface area (Å²) in [5.41, 5.74) is 0. The molecule has 0 spiro atoms. The molecule has 0 unspecified atom stereocenters. The number of rotatable bonds is 10. The number of carbonyl (C=O) groups is 2. The summed E-state index contributed by atoms with van der Waals surface area (Å²) >= 11 is 0. The average molecular weight is 388 g/mol. The molecule has 2 fully saturated rings. The van der Waals surface area contributed by atoms with Gasteiger partial charge in [0.2, 0.25) is 5.79 Å². The first kappa shape index (κ1) is 22.0. The number of alkyl halides is 2. The summed E-state index contributed by atoms with van der Waals surface area (Å²) in [7, 11) is 0. The van der Waals surface area contributed by atoms with Crippen LogP contribution in [0.3, 0.4) is 0 Å². The number of fused-ring (bicyclic) bond motifs is 1. The molecule has 1 saturated carbocycles. The van der Waals surface area contributed by atoms with Gasteiger partial charge in [-0.1, -0.05) is 25.5 Å². The SMILES string of the molecule is CCCCC(F)(F)[C@@]1(O)CC[C@H]2[C@@H](CC(=O)[C@@H]2CC=CCCCC(=O)O)O1. The number of hydrogen-bond donors (Lipinski definition) is 2. The van der Waals surface area contributed by atoms with Crippen molar-refractivity contribution in [3.8, 4) is 0 Å². The summed E-state index contributed by atoms with van der Waals surface area (Å²) in [6.07, 6.45) is 5.57. The third-order valence-corrected chi connectivity index (χ3v) is 5.71. The molecular formula is C20H30F2O5. The van der Waals surface area contributed by atoms with Crippen molar-refractivity contribution in [1.29, 1.82) is 0 Å². The van der Waals surface area contributed by atoms with E-state index in [1.54, 1.807) is 0 Å². The fraction of sp³-hybridized carbons (Fsp3) is 0.800. The van der Waals surface area contributed by atoms with Gasteiger partial charge in [-0.25, -0.2) is 8.78 Å². The molecule has 0 bridgehead atoms. The molecule has 5 nitrogen and oxygen atoms in total. The van der Waals surface area contributed by atoms with Gasteiger partial charge in [0.1, 0.15) is 5.78 Å². The first-order chi connectivity index (χ1) is 12.7. The Morgan fingerprint density at radius 3 is 2.78 bits per heavy atom. The molecule has 1 aliphatic carbocycles. The van der Waals surface area contributed by atoms with Gasteiger partial charge in [-0.15, -0.1) is 0 Å². The summed E-state index contributed by atoms with van der Waals surface area (Å²) in [5.74, 6) is -7.08. The van der Waals surface area contributed by atoms with Crippen LogP contribution in [0.5, 0.6) is 0 Å². The zero-order valence-electron chi connectivity index (χ0n) is 15.8. The second kappa shape index (κ2) is 9.24. The molecule has 0 aromatic carbocycles. The first-order valence-corrected chi connectivity index (χ1v) is 9.87. The maximum Gasteiger partial charge on any atom is 0.303 e. The van der Waals surface area contributed by atoms with Crippen molar-refractivity contribution < 1.29 is 33.3 Å². The summed E-state index contributed by atoms with van der Waals surface area (Å²) in [6.45, 7) is 1.81. The summed E-state index contributed by atoms with van der Waals surface area (Å²) in [6, 6.07) is 0. The van der Waals surface area contributed by atoms with Gasteiger partial charge < -0.3 is 14.9 Å². The molecule has 1 aliphatic heterocycles. The monoisotopic (exact) mass is 388 g/mol. The second-order valence-electron chi connectivity index (χ2n) is 7.72. The highest BCUT2D eigenvalue weighted by atomic mass is 19.3. The molecule has 0 amide bonds. The van der Waals surface area contributed by atoms with E-state index in [0.29, 0.717) is 38.5 Å². The molecule has 2 aliphatic rings. The van der Waals surface area contributed by atoms with Crippen molar-refractivity contribution in [3.05, 3.63) is 12.2 Å². The lowest BCUT2D eigenvalue weighted by molar-refractivity contribution is -0.356. The predicted molar refractivity (Wildman–Crippen MR) is 95.4 cm³/mol. The lowest BCUT2D eigenvalue weighted by Gasteiger charge is -2.43. The number of hydrogen-bond acceptors (Lipinski definition) is 4. The average Bonchev–Trinajstić information content (AvgIpc) is 2.90. The number of ether oxygens (including phenoxy) is 1. The van der Waals surface area contributed by atoms with E-state index in [9.17, 15) is 23.5 Å². The van der Waals surface area contributed by atoms with Crippen molar-refractivity contribution in [1.82, 2.24) is 0 Å². The van der Waals surface area contributed by atoms with Crippen LogP contribution in [0.2, 0.25) is 0 Å². The van der Waals surface area contributed by atoms with E-state index in [0.717, 1.165) is 0 Å². The maximum atomic E-state index is 14.4. The van der Waals surface area contributed by atoms with E-state index in [1.807, 2.05) is 19.1 Å². The van der Waals surface area contributed by atoms with Crippen LogP contribution in [-0.2, 0) is 14.3 Å². The quantitative estimate of drug-likeness (QED) is 0.435. The van der Waals surface area contributed by atoms with E-state index in [4.69, 9.17) is 9.84 Å². The largest absolute Gasteiger partial charge is 0.481 e. The van der Waals surface area contributed by atoms with Crippen molar-refractivity contribution in [3.63, 3.8) is 0 Å². The topological polar surface area (TPSA) is 83.8 Å². The van der Waals surface area contributed by atoms with Crippen molar-refractivity contribution in [2.24, 2.45) is 11.8 Å². The minimum Gasteiger partial charge on any atom is -0.481 e. The molecule has 1 heterocycles. The first-order valence-electron chi connectivity index (χ1n) is 9.87. The van der Waals surface area contributed by atoms with Crippen LogP contribution < -0.4 is 0 Å². The van der Waals surface area contributed by atoms with E-state index < -0.39 is 30.2 Å². The van der Waals surface area contributed by atoms with Gasteiger partial charge in [-0.2, -0.15) is 0 Å². The fourth-order valence-corrected chi connectivity index (χ4v) is 4.09. The number of Topliss-reactive ketones (excluding diaryl/α,β-unsaturated/α-hetero) is 1. The van der Waals surface area contributed by atoms with Gasteiger partial charge in [0, 0.05) is 31.6 Å². The van der Waals surface area contributed by atoms with Crippen LogP contribution in [0.1, 0.15) is 71.1 Å². The lowest BCUT2D eigenvalue weighted by atomic mass is 9.82. The minimum absolute atomic E-state index is 0.0127. The van der Waals surface area contributed by atoms with Gasteiger partial charge in [-0.3, -0.25) is 9.59 Å². The number of carboxylic acid groups (broad SMARTS) is 1. The Kier molecular flexibility index (Phi) is 7.51. The van der Waals surface area contributed by atoms with Gasteiger partial charge in [0.05, 0.1) is 6.10 Å². The third-order valence-electron chi connectivity index (χ3n) is 5.71. The van der Waals surface area contributed by atoms with Crippen molar-refractivity contribution in [2.45, 2.75) is 88.9 Å². The summed E-state index contributed by atoms with van der Waals surface area (Å²) < 4.78 is 34.2. The van der Waals surface area contributed by atoms with Gasteiger partial charge in [-0.05, 0) is 38.0 Å². The van der Waals surface area contributed by atoms with Crippen LogP contribution in [0.25, 0.3) is 0 Å². The molecule has 4 atom stereocenters. The Morgan fingerprint density at radius 1 is 1.37 bits per heavy atom. The number of carbonyl (C=O) groups excluding carboxylic acids is 1. The normalized spacial score (nSPS) is 31.4. The van der Waals surface area contributed by atoms with E-state index in [1.165, 1.54) is 0 Å². The van der Waals surface area contributed by atoms with Crippen LogP contribution in [0.4, 0.5) is 8.78 Å². The zero-order chi connectivity index (χ0) is 20.1. The Labute approximate surface area is 158 Å². The number of aliphatic carboxylic acids is 1. The minimum atomic E-state index is -3.32. The highest BCUT2D eigenvalue weighted by Crippen LogP contribution is 2.49. The molecule has 0 aromatic rings. The Bertz CT molecular complexity index is 563. The number of allylic oxidation sites excluding steroid dienone is 2. The lowest BCUT2D eigenvalue weighted by Crippen LogP contribution is -2.55. The Hall–Kier alpha value is -1.34. The van der Waals surface area contributed by atoms with Gasteiger partial charge in [0.15, 0.2) is 0 Å². The van der Waals surface area contributed by atoms with Crippen molar-refractivity contribution in [2.75, 3.05) is 0 Å². The summed E-state index contributed by atoms with van der Waals surface area (Å²) in [5, 5.41) is 19.0. The Morgan fingerprint density at radius 2 is 2.11 bits per heavy atom. The maximum absolute atomic E-state index is 14.4. The van der Waals surface area contributed by atoms with E-state index in [-0.39, 0.29) is 36.9 Å². The molecule has 2 rings (SSSR count). The van der Waals surface area contributed by atoms with Crippen LogP contribution in [-0.4, -0.2) is 39.8 Å². The molecule has 0 radical (unpaired) electrons.